The molecule has 0 saturated carbocycles. The summed E-state index contributed by atoms with van der Waals surface area (Å²) in [5.74, 6) is 1.41. The highest BCUT2D eigenvalue weighted by atomic mass is 16.5. The van der Waals surface area contributed by atoms with Gasteiger partial charge in [0.25, 0.3) is 0 Å². The lowest BCUT2D eigenvalue weighted by Gasteiger charge is -2.20. The monoisotopic (exact) mass is 400 g/mol. The minimum absolute atomic E-state index is 0.0403. The second-order valence-electron chi connectivity index (χ2n) is 7.26. The van der Waals surface area contributed by atoms with Crippen LogP contribution in [0.2, 0.25) is 0 Å². The molecule has 1 aliphatic rings. The molecule has 30 heavy (non-hydrogen) atoms. The number of aryl methyl sites for hydroxylation is 1. The van der Waals surface area contributed by atoms with Crippen LogP contribution in [0.25, 0.3) is 11.1 Å². The molecule has 0 bridgehead atoms. The van der Waals surface area contributed by atoms with E-state index in [1.54, 1.807) is 26.2 Å². The summed E-state index contributed by atoms with van der Waals surface area (Å²) >= 11 is 0. The molecule has 1 aliphatic heterocycles. The molecule has 3 aromatic carbocycles. The second-order valence-corrected chi connectivity index (χ2v) is 7.26. The number of benzene rings is 3. The first-order valence-electron chi connectivity index (χ1n) is 9.77. The van der Waals surface area contributed by atoms with Crippen molar-refractivity contribution in [2.45, 2.75) is 6.92 Å². The van der Waals surface area contributed by atoms with Crippen molar-refractivity contribution < 1.29 is 14.3 Å². The smallest absolute Gasteiger partial charge is 0.248 e. The van der Waals surface area contributed by atoms with Gasteiger partial charge in [-0.1, -0.05) is 35.9 Å². The molecule has 5 heteroatoms. The summed E-state index contributed by atoms with van der Waals surface area (Å²) < 4.78 is 11.2. The van der Waals surface area contributed by atoms with Gasteiger partial charge in [0, 0.05) is 18.2 Å². The third-order valence-corrected chi connectivity index (χ3v) is 5.37. The molecule has 0 saturated heterocycles. The van der Waals surface area contributed by atoms with E-state index in [1.165, 1.54) is 0 Å². The van der Waals surface area contributed by atoms with Crippen molar-refractivity contribution in [1.29, 1.82) is 0 Å². The molecule has 152 valence electrons. The molecule has 0 aromatic heterocycles. The van der Waals surface area contributed by atoms with Crippen molar-refractivity contribution in [3.05, 3.63) is 77.4 Å². The molecular formula is C25H24N2O3. The van der Waals surface area contributed by atoms with Crippen molar-refractivity contribution in [3.63, 3.8) is 0 Å². The molecule has 0 N–H and O–H groups in total. The number of nitrogens with zero attached hydrogens (tertiary/aromatic N) is 2. The van der Waals surface area contributed by atoms with Crippen LogP contribution in [0, 0.1) is 6.92 Å². The SMILES string of the molecule is COc1cccc(OC)c1-c1ccc2c(c1)C(c1cccc(C)c1)=NCC(=O)N2C. The van der Waals surface area contributed by atoms with Crippen LogP contribution in [0.4, 0.5) is 5.69 Å². The average molecular weight is 400 g/mol. The van der Waals surface area contributed by atoms with Gasteiger partial charge in [0.1, 0.15) is 18.0 Å². The number of ether oxygens (including phenoxy) is 2. The maximum atomic E-state index is 12.6. The maximum Gasteiger partial charge on any atom is 0.248 e. The topological polar surface area (TPSA) is 51.1 Å². The van der Waals surface area contributed by atoms with Gasteiger partial charge in [-0.05, 0) is 42.8 Å². The number of hydrogen-bond acceptors (Lipinski definition) is 4. The summed E-state index contributed by atoms with van der Waals surface area (Å²) in [7, 11) is 5.08. The maximum absolute atomic E-state index is 12.6. The zero-order valence-corrected chi connectivity index (χ0v) is 17.6. The number of likely N-dealkylation sites (N-methyl/N-ethyl adjacent to an activating group) is 1. The fourth-order valence-electron chi connectivity index (χ4n) is 3.82. The molecule has 0 aliphatic carbocycles. The Bertz CT molecular complexity index is 1130. The highest BCUT2D eigenvalue weighted by Crippen LogP contribution is 2.40. The van der Waals surface area contributed by atoms with E-state index < -0.39 is 0 Å². The first-order valence-corrected chi connectivity index (χ1v) is 9.77. The van der Waals surface area contributed by atoms with Gasteiger partial charge in [0.05, 0.1) is 31.2 Å². The molecular weight excluding hydrogens is 376 g/mol. The highest BCUT2D eigenvalue weighted by Gasteiger charge is 2.24. The number of anilines is 1. The quantitative estimate of drug-likeness (QED) is 0.648. The van der Waals surface area contributed by atoms with Crippen LogP contribution < -0.4 is 14.4 Å². The fraction of sp³-hybridized carbons (Fsp3) is 0.200. The van der Waals surface area contributed by atoms with Crippen LogP contribution in [0.1, 0.15) is 16.7 Å². The number of hydrogen-bond donors (Lipinski definition) is 0. The van der Waals surface area contributed by atoms with Gasteiger partial charge in [0.2, 0.25) is 5.91 Å². The van der Waals surface area contributed by atoms with E-state index in [-0.39, 0.29) is 12.5 Å². The molecule has 5 nitrogen and oxygen atoms in total. The Labute approximate surface area is 176 Å². The number of rotatable bonds is 4. The van der Waals surface area contributed by atoms with E-state index in [9.17, 15) is 4.79 Å². The van der Waals surface area contributed by atoms with Crippen LogP contribution in [-0.2, 0) is 4.79 Å². The van der Waals surface area contributed by atoms with E-state index in [0.29, 0.717) is 0 Å². The molecule has 0 unspecified atom stereocenters. The Morgan fingerprint density at radius 1 is 0.900 bits per heavy atom. The lowest BCUT2D eigenvalue weighted by atomic mass is 9.94. The number of fused-ring (bicyclic) bond motifs is 1. The number of aliphatic imine (C=N–C) groups is 1. The normalized spacial score (nSPS) is 13.4. The van der Waals surface area contributed by atoms with E-state index >= 15 is 0 Å². The summed E-state index contributed by atoms with van der Waals surface area (Å²) in [5.41, 5.74) is 6.47. The number of benzodiazepines with no additional fused rings is 1. The van der Waals surface area contributed by atoms with Crippen molar-refractivity contribution in [2.24, 2.45) is 4.99 Å². The molecule has 0 spiro atoms. The van der Waals surface area contributed by atoms with Crippen molar-refractivity contribution in [2.75, 3.05) is 32.7 Å². The van der Waals surface area contributed by atoms with Gasteiger partial charge < -0.3 is 14.4 Å². The van der Waals surface area contributed by atoms with E-state index in [4.69, 9.17) is 14.5 Å². The Balaban J connectivity index is 1.96. The highest BCUT2D eigenvalue weighted by molar-refractivity contribution is 6.20. The van der Waals surface area contributed by atoms with Gasteiger partial charge >= 0.3 is 0 Å². The Morgan fingerprint density at radius 3 is 2.27 bits per heavy atom. The Morgan fingerprint density at radius 2 is 1.60 bits per heavy atom. The van der Waals surface area contributed by atoms with Gasteiger partial charge in [0.15, 0.2) is 0 Å². The minimum Gasteiger partial charge on any atom is -0.496 e. The van der Waals surface area contributed by atoms with Crippen LogP contribution in [0.5, 0.6) is 11.5 Å². The summed E-state index contributed by atoms with van der Waals surface area (Å²) in [5, 5.41) is 0. The number of amides is 1. The van der Waals surface area contributed by atoms with E-state index in [0.717, 1.165) is 50.7 Å². The van der Waals surface area contributed by atoms with E-state index in [1.807, 2.05) is 42.5 Å². The van der Waals surface area contributed by atoms with Crippen LogP contribution in [-0.4, -0.2) is 39.4 Å². The van der Waals surface area contributed by atoms with Gasteiger partial charge in [-0.3, -0.25) is 9.79 Å². The predicted molar refractivity (Wildman–Crippen MR) is 120 cm³/mol. The van der Waals surface area contributed by atoms with Gasteiger partial charge in [-0.15, -0.1) is 0 Å². The Hall–Kier alpha value is -3.60. The molecule has 1 heterocycles. The molecule has 3 aromatic rings. The first-order chi connectivity index (χ1) is 14.5. The third kappa shape index (κ3) is 3.43. The zero-order chi connectivity index (χ0) is 21.3. The van der Waals surface area contributed by atoms with Gasteiger partial charge in [-0.25, -0.2) is 0 Å². The van der Waals surface area contributed by atoms with Crippen LogP contribution >= 0.6 is 0 Å². The van der Waals surface area contributed by atoms with Crippen molar-refractivity contribution in [3.8, 4) is 22.6 Å². The molecule has 4 rings (SSSR count). The number of carbonyl (C=O) groups is 1. The van der Waals surface area contributed by atoms with Crippen molar-refractivity contribution >= 4 is 17.3 Å². The zero-order valence-electron chi connectivity index (χ0n) is 17.6. The second kappa shape index (κ2) is 8.03. The summed E-state index contributed by atoms with van der Waals surface area (Å²) in [6.45, 7) is 2.16. The molecule has 0 radical (unpaired) electrons. The fourth-order valence-corrected chi connectivity index (χ4v) is 3.82. The summed E-state index contributed by atoms with van der Waals surface area (Å²) in [4.78, 5) is 18.9. The predicted octanol–water partition coefficient (Wildman–Crippen LogP) is 4.49. The Kier molecular flexibility index (Phi) is 5.27. The van der Waals surface area contributed by atoms with Crippen LogP contribution in [0.15, 0.2) is 65.7 Å². The molecule has 0 atom stereocenters. The third-order valence-electron chi connectivity index (χ3n) is 5.37. The number of methoxy groups -OCH3 is 2. The van der Waals surface area contributed by atoms with Crippen molar-refractivity contribution in [1.82, 2.24) is 0 Å². The average Bonchev–Trinajstić information content (AvgIpc) is 2.89. The van der Waals surface area contributed by atoms with Crippen LogP contribution in [0.3, 0.4) is 0 Å². The first kappa shape index (κ1) is 19.7. The van der Waals surface area contributed by atoms with E-state index in [2.05, 4.69) is 25.1 Å². The summed E-state index contributed by atoms with van der Waals surface area (Å²) in [6.07, 6.45) is 0. The lowest BCUT2D eigenvalue weighted by molar-refractivity contribution is -0.116. The molecule has 0 fully saturated rings. The lowest BCUT2D eigenvalue weighted by Crippen LogP contribution is -2.27. The van der Waals surface area contributed by atoms with Gasteiger partial charge in [-0.2, -0.15) is 0 Å². The minimum atomic E-state index is -0.0403. The molecule has 1 amide bonds. The summed E-state index contributed by atoms with van der Waals surface area (Å²) in [6, 6.07) is 19.9. The standard InChI is InChI=1S/C25H24N2O3/c1-16-7-5-8-18(13-16)25-19-14-17(11-12-20(19)27(2)23(28)15-26-25)24-21(29-3)9-6-10-22(24)30-4/h5-14H,15H2,1-4H3. The number of carbonyl (C=O) groups excluding carboxylic acids is 1. The largest absolute Gasteiger partial charge is 0.496 e.